The van der Waals surface area contributed by atoms with E-state index in [-0.39, 0.29) is 5.91 Å². The Morgan fingerprint density at radius 1 is 1.21 bits per heavy atom. The molecule has 2 N–H and O–H groups in total. The fourth-order valence-corrected chi connectivity index (χ4v) is 4.09. The number of likely N-dealkylation sites (N-methyl/N-ethyl adjacent to an activating group) is 1. The summed E-state index contributed by atoms with van der Waals surface area (Å²) < 4.78 is 0. The third kappa shape index (κ3) is 4.71. The highest BCUT2D eigenvalue weighted by Gasteiger charge is 2.33. The van der Waals surface area contributed by atoms with E-state index in [9.17, 15) is 14.4 Å². The molecule has 0 aliphatic carbocycles. The number of fused-ring (bicyclic) bond motifs is 1. The van der Waals surface area contributed by atoms with Crippen LogP contribution in [0.2, 0.25) is 0 Å². The average molecular weight is 413 g/mol. The standard InChI is InChI=1S/C21H23N3O4S/c1-14(23(2)21(27)28)19(25)22-16-13-29-18-11-7-6-10-17(18)24(20(16)26)12-15-8-4-3-5-9-15/h3-11,14,16H,12-13H2,1-2H3,(H,22,25)(H,27,28)/t14-,16?/m0/s1. The highest BCUT2D eigenvalue weighted by atomic mass is 32.2. The van der Waals surface area contributed by atoms with Crippen molar-refractivity contribution >= 4 is 35.4 Å². The summed E-state index contributed by atoms with van der Waals surface area (Å²) in [7, 11) is 1.33. The first-order valence-corrected chi connectivity index (χ1v) is 10.2. The molecule has 1 unspecified atom stereocenters. The van der Waals surface area contributed by atoms with Crippen LogP contribution in [0.5, 0.6) is 0 Å². The number of hydrogen-bond acceptors (Lipinski definition) is 4. The van der Waals surface area contributed by atoms with Gasteiger partial charge >= 0.3 is 6.09 Å². The molecule has 1 heterocycles. The van der Waals surface area contributed by atoms with Gasteiger partial charge in [-0.25, -0.2) is 4.79 Å². The van der Waals surface area contributed by atoms with Gasteiger partial charge in [0.05, 0.1) is 12.2 Å². The van der Waals surface area contributed by atoms with E-state index in [1.54, 1.807) is 4.90 Å². The van der Waals surface area contributed by atoms with Crippen molar-refractivity contribution in [1.29, 1.82) is 0 Å². The molecule has 3 rings (SSSR count). The van der Waals surface area contributed by atoms with Crippen molar-refractivity contribution in [2.24, 2.45) is 0 Å². The largest absolute Gasteiger partial charge is 0.465 e. The molecule has 1 aliphatic rings. The second-order valence-corrected chi connectivity index (χ2v) is 7.88. The molecule has 0 radical (unpaired) electrons. The summed E-state index contributed by atoms with van der Waals surface area (Å²) in [6, 6.07) is 15.6. The summed E-state index contributed by atoms with van der Waals surface area (Å²) in [5, 5.41) is 11.8. The van der Waals surface area contributed by atoms with E-state index >= 15 is 0 Å². The lowest BCUT2D eigenvalue weighted by Crippen LogP contribution is -2.54. The van der Waals surface area contributed by atoms with Crippen LogP contribution >= 0.6 is 11.8 Å². The topological polar surface area (TPSA) is 90.0 Å². The minimum absolute atomic E-state index is 0.218. The number of carbonyl (C=O) groups excluding carboxylic acids is 2. The second kappa shape index (κ2) is 9.00. The fourth-order valence-electron chi connectivity index (χ4n) is 3.02. The van der Waals surface area contributed by atoms with E-state index in [0.29, 0.717) is 12.3 Å². The molecule has 0 bridgehead atoms. The molecule has 29 heavy (non-hydrogen) atoms. The predicted octanol–water partition coefficient (Wildman–Crippen LogP) is 2.81. The molecule has 0 saturated carbocycles. The minimum Gasteiger partial charge on any atom is -0.465 e. The summed E-state index contributed by atoms with van der Waals surface area (Å²) in [4.78, 5) is 40.6. The molecule has 2 aromatic carbocycles. The number of carboxylic acid groups (broad SMARTS) is 1. The Bertz CT molecular complexity index is 906. The average Bonchev–Trinajstić information content (AvgIpc) is 2.85. The van der Waals surface area contributed by atoms with Crippen LogP contribution in [-0.4, -0.2) is 52.8 Å². The highest BCUT2D eigenvalue weighted by molar-refractivity contribution is 7.99. The molecule has 3 amide bonds. The fraction of sp³-hybridized carbons (Fsp3) is 0.286. The Balaban J connectivity index is 1.85. The van der Waals surface area contributed by atoms with Crippen molar-refractivity contribution in [3.8, 4) is 0 Å². The molecule has 2 atom stereocenters. The monoisotopic (exact) mass is 413 g/mol. The van der Waals surface area contributed by atoms with Crippen molar-refractivity contribution in [2.45, 2.75) is 30.4 Å². The Morgan fingerprint density at radius 2 is 1.86 bits per heavy atom. The van der Waals surface area contributed by atoms with E-state index in [4.69, 9.17) is 5.11 Å². The Labute approximate surface area is 173 Å². The van der Waals surface area contributed by atoms with Crippen LogP contribution in [0.4, 0.5) is 10.5 Å². The maximum Gasteiger partial charge on any atom is 0.407 e. The van der Waals surface area contributed by atoms with Crippen LogP contribution in [0.15, 0.2) is 59.5 Å². The normalized spacial score (nSPS) is 17.1. The molecule has 0 spiro atoms. The first kappa shape index (κ1) is 20.7. The number of carbonyl (C=O) groups is 3. The zero-order valence-corrected chi connectivity index (χ0v) is 17.1. The highest BCUT2D eigenvalue weighted by Crippen LogP contribution is 2.35. The van der Waals surface area contributed by atoms with Gasteiger partial charge in [0.1, 0.15) is 12.1 Å². The van der Waals surface area contributed by atoms with Gasteiger partial charge < -0.3 is 15.3 Å². The Hall–Kier alpha value is -3.00. The van der Waals surface area contributed by atoms with E-state index in [1.807, 2.05) is 54.6 Å². The van der Waals surface area contributed by atoms with Gasteiger partial charge in [-0.2, -0.15) is 0 Å². The SMILES string of the molecule is C[C@@H](C(=O)NC1CSc2ccccc2N(Cc2ccccc2)C1=O)N(C)C(=O)O. The van der Waals surface area contributed by atoms with Crippen molar-refractivity contribution in [3.05, 3.63) is 60.2 Å². The van der Waals surface area contributed by atoms with E-state index in [2.05, 4.69) is 5.32 Å². The minimum atomic E-state index is -1.20. The summed E-state index contributed by atoms with van der Waals surface area (Å²) in [6.45, 7) is 1.88. The summed E-state index contributed by atoms with van der Waals surface area (Å²) in [5.74, 6) is -0.347. The summed E-state index contributed by atoms with van der Waals surface area (Å²) in [5.41, 5.74) is 1.78. The molecule has 2 aromatic rings. The number of benzene rings is 2. The molecular weight excluding hydrogens is 390 g/mol. The Kier molecular flexibility index (Phi) is 6.43. The predicted molar refractivity (Wildman–Crippen MR) is 112 cm³/mol. The molecule has 0 aromatic heterocycles. The van der Waals surface area contributed by atoms with Crippen molar-refractivity contribution < 1.29 is 19.5 Å². The van der Waals surface area contributed by atoms with Gasteiger partial charge in [0.25, 0.3) is 5.91 Å². The molecule has 0 saturated heterocycles. The molecule has 7 nitrogen and oxygen atoms in total. The quantitative estimate of drug-likeness (QED) is 0.787. The van der Waals surface area contributed by atoms with E-state index in [0.717, 1.165) is 21.0 Å². The lowest BCUT2D eigenvalue weighted by molar-refractivity contribution is -0.129. The molecule has 0 fully saturated rings. The zero-order valence-electron chi connectivity index (χ0n) is 16.2. The van der Waals surface area contributed by atoms with Crippen molar-refractivity contribution in [2.75, 3.05) is 17.7 Å². The van der Waals surface area contributed by atoms with Crippen LogP contribution in [0.1, 0.15) is 12.5 Å². The number of amides is 3. The Morgan fingerprint density at radius 3 is 2.55 bits per heavy atom. The first-order chi connectivity index (χ1) is 13.9. The first-order valence-electron chi connectivity index (χ1n) is 9.21. The number of thioether (sulfide) groups is 1. The van der Waals surface area contributed by atoms with Gasteiger partial charge in [-0.3, -0.25) is 14.5 Å². The molecule has 1 aliphatic heterocycles. The summed E-state index contributed by atoms with van der Waals surface area (Å²) in [6.07, 6.45) is -1.20. The number of hydrogen-bond donors (Lipinski definition) is 2. The third-order valence-corrected chi connectivity index (χ3v) is 6.04. The number of nitrogens with one attached hydrogen (secondary N) is 1. The lowest BCUT2D eigenvalue weighted by Gasteiger charge is -2.27. The van der Waals surface area contributed by atoms with E-state index in [1.165, 1.54) is 25.7 Å². The van der Waals surface area contributed by atoms with E-state index < -0.39 is 24.1 Å². The molecule has 8 heteroatoms. The number of para-hydroxylation sites is 1. The molecule has 152 valence electrons. The van der Waals surface area contributed by atoms with Crippen LogP contribution in [0, 0.1) is 0 Å². The summed E-state index contributed by atoms with van der Waals surface area (Å²) >= 11 is 1.50. The van der Waals surface area contributed by atoms with Gasteiger partial charge in [0.2, 0.25) is 5.91 Å². The van der Waals surface area contributed by atoms with Gasteiger partial charge in [0.15, 0.2) is 0 Å². The lowest BCUT2D eigenvalue weighted by atomic mass is 10.1. The van der Waals surface area contributed by atoms with Crippen molar-refractivity contribution in [1.82, 2.24) is 10.2 Å². The third-order valence-electron chi connectivity index (χ3n) is 4.89. The smallest absolute Gasteiger partial charge is 0.407 e. The zero-order chi connectivity index (χ0) is 21.0. The van der Waals surface area contributed by atoms with Crippen LogP contribution in [0.3, 0.4) is 0 Å². The van der Waals surface area contributed by atoms with Crippen LogP contribution in [0.25, 0.3) is 0 Å². The maximum atomic E-state index is 13.3. The number of rotatable bonds is 5. The number of nitrogens with zero attached hydrogens (tertiary/aromatic N) is 2. The van der Waals surface area contributed by atoms with Crippen LogP contribution in [-0.2, 0) is 16.1 Å². The van der Waals surface area contributed by atoms with Gasteiger partial charge in [-0.15, -0.1) is 11.8 Å². The second-order valence-electron chi connectivity index (χ2n) is 6.82. The van der Waals surface area contributed by atoms with Crippen LogP contribution < -0.4 is 10.2 Å². The van der Waals surface area contributed by atoms with Crippen molar-refractivity contribution in [3.63, 3.8) is 0 Å². The maximum absolute atomic E-state index is 13.3. The van der Waals surface area contributed by atoms with Gasteiger partial charge in [-0.05, 0) is 24.6 Å². The molecular formula is C21H23N3O4S. The van der Waals surface area contributed by atoms with Gasteiger partial charge in [0, 0.05) is 17.7 Å². The number of anilines is 1. The van der Waals surface area contributed by atoms with Gasteiger partial charge in [-0.1, -0.05) is 42.5 Å².